The normalized spacial score (nSPS) is 22.2. The van der Waals surface area contributed by atoms with Crippen LogP contribution in [0.3, 0.4) is 0 Å². The number of benzene rings is 1. The molecular formula is C12H14BrFN2O3S. The molecule has 0 bridgehead atoms. The second kappa shape index (κ2) is 5.42. The van der Waals surface area contributed by atoms with Crippen molar-refractivity contribution in [2.45, 2.75) is 30.7 Å². The standard InChI is InChI=1S/C12H14BrFN2O3S/c1-6-2-8(3-6)16-12(17)9-4-7(14)5-10(11(9)13)20(15,18)19/h4-6,8H,2-3H2,1H3,(H,16,17)(H2,15,18,19). The molecule has 0 saturated heterocycles. The predicted octanol–water partition coefficient (Wildman–Crippen LogP) is 1.76. The van der Waals surface area contributed by atoms with Gasteiger partial charge in [-0.1, -0.05) is 6.92 Å². The van der Waals surface area contributed by atoms with Crippen molar-refractivity contribution in [3.63, 3.8) is 0 Å². The van der Waals surface area contributed by atoms with Gasteiger partial charge in [-0.3, -0.25) is 4.79 Å². The summed E-state index contributed by atoms with van der Waals surface area (Å²) in [6, 6.07) is 1.81. The first-order valence-corrected chi connectivity index (χ1v) is 8.35. The lowest BCUT2D eigenvalue weighted by atomic mass is 9.82. The van der Waals surface area contributed by atoms with Crippen LogP contribution in [0, 0.1) is 11.7 Å². The van der Waals surface area contributed by atoms with E-state index in [1.54, 1.807) is 0 Å². The van der Waals surface area contributed by atoms with Crippen LogP contribution in [0.5, 0.6) is 0 Å². The molecule has 0 aliphatic heterocycles. The third kappa shape index (κ3) is 3.18. The van der Waals surface area contributed by atoms with Gasteiger partial charge in [-0.05, 0) is 46.8 Å². The highest BCUT2D eigenvalue weighted by Gasteiger charge is 2.28. The summed E-state index contributed by atoms with van der Waals surface area (Å²) >= 11 is 3.01. The highest BCUT2D eigenvalue weighted by Crippen LogP contribution is 2.29. The molecule has 5 nitrogen and oxygen atoms in total. The second-order valence-corrected chi connectivity index (χ2v) is 7.38. The first kappa shape index (κ1) is 15.4. The molecule has 20 heavy (non-hydrogen) atoms. The molecule has 1 fully saturated rings. The van der Waals surface area contributed by atoms with Crippen molar-refractivity contribution in [3.05, 3.63) is 28.0 Å². The van der Waals surface area contributed by atoms with Gasteiger partial charge in [0.2, 0.25) is 10.0 Å². The Morgan fingerprint density at radius 2 is 2.05 bits per heavy atom. The number of primary sulfonamides is 1. The van der Waals surface area contributed by atoms with Crippen molar-refractivity contribution in [2.75, 3.05) is 0 Å². The van der Waals surface area contributed by atoms with E-state index < -0.39 is 26.6 Å². The van der Waals surface area contributed by atoms with E-state index in [9.17, 15) is 17.6 Å². The van der Waals surface area contributed by atoms with Gasteiger partial charge in [0.05, 0.1) is 14.9 Å². The van der Waals surface area contributed by atoms with Crippen LogP contribution in [0.1, 0.15) is 30.1 Å². The van der Waals surface area contributed by atoms with Gasteiger partial charge in [-0.15, -0.1) is 0 Å². The Morgan fingerprint density at radius 1 is 1.45 bits per heavy atom. The number of carbonyl (C=O) groups excluding carboxylic acids is 1. The molecule has 0 radical (unpaired) electrons. The van der Waals surface area contributed by atoms with Gasteiger partial charge >= 0.3 is 0 Å². The van der Waals surface area contributed by atoms with Crippen LogP contribution in [0.2, 0.25) is 0 Å². The molecule has 0 heterocycles. The molecular weight excluding hydrogens is 351 g/mol. The highest BCUT2D eigenvalue weighted by molar-refractivity contribution is 9.10. The van der Waals surface area contributed by atoms with E-state index in [0.29, 0.717) is 5.92 Å². The van der Waals surface area contributed by atoms with Gasteiger partial charge in [-0.2, -0.15) is 0 Å². The second-order valence-electron chi connectivity index (χ2n) is 5.06. The summed E-state index contributed by atoms with van der Waals surface area (Å²) in [6.45, 7) is 2.07. The van der Waals surface area contributed by atoms with E-state index in [1.807, 2.05) is 0 Å². The van der Waals surface area contributed by atoms with E-state index in [0.717, 1.165) is 25.0 Å². The molecule has 1 aliphatic carbocycles. The number of hydrogen-bond acceptors (Lipinski definition) is 3. The summed E-state index contributed by atoms with van der Waals surface area (Å²) in [6.07, 6.45) is 1.72. The lowest BCUT2D eigenvalue weighted by Crippen LogP contribution is -2.43. The van der Waals surface area contributed by atoms with Crippen molar-refractivity contribution in [3.8, 4) is 0 Å². The van der Waals surface area contributed by atoms with E-state index >= 15 is 0 Å². The van der Waals surface area contributed by atoms with Gasteiger partial charge in [0, 0.05) is 6.04 Å². The molecule has 2 rings (SSSR count). The molecule has 110 valence electrons. The minimum Gasteiger partial charge on any atom is -0.349 e. The van der Waals surface area contributed by atoms with Crippen molar-refractivity contribution in [2.24, 2.45) is 11.1 Å². The fraction of sp³-hybridized carbons (Fsp3) is 0.417. The molecule has 0 atom stereocenters. The third-order valence-electron chi connectivity index (χ3n) is 3.26. The molecule has 1 amide bonds. The quantitative estimate of drug-likeness (QED) is 0.856. The van der Waals surface area contributed by atoms with Crippen LogP contribution in [-0.2, 0) is 10.0 Å². The smallest absolute Gasteiger partial charge is 0.252 e. The van der Waals surface area contributed by atoms with E-state index in [-0.39, 0.29) is 16.1 Å². The average Bonchev–Trinajstić information content (AvgIpc) is 2.28. The van der Waals surface area contributed by atoms with Gasteiger partial charge in [0.25, 0.3) is 5.91 Å². The van der Waals surface area contributed by atoms with Gasteiger partial charge in [-0.25, -0.2) is 17.9 Å². The molecule has 0 aromatic heterocycles. The van der Waals surface area contributed by atoms with Crippen LogP contribution in [0.25, 0.3) is 0 Å². The van der Waals surface area contributed by atoms with E-state index in [1.165, 1.54) is 0 Å². The zero-order valence-corrected chi connectivity index (χ0v) is 13.1. The Bertz CT molecular complexity index is 657. The molecule has 1 aromatic carbocycles. The molecule has 1 aliphatic rings. The maximum atomic E-state index is 13.5. The van der Waals surface area contributed by atoms with Crippen molar-refractivity contribution in [1.29, 1.82) is 0 Å². The van der Waals surface area contributed by atoms with Crippen LogP contribution in [-0.4, -0.2) is 20.4 Å². The van der Waals surface area contributed by atoms with Crippen molar-refractivity contribution >= 4 is 31.9 Å². The predicted molar refractivity (Wildman–Crippen MR) is 75.1 cm³/mol. The molecule has 1 aromatic rings. The zero-order valence-electron chi connectivity index (χ0n) is 10.7. The largest absolute Gasteiger partial charge is 0.349 e. The zero-order chi connectivity index (χ0) is 15.1. The number of hydrogen-bond donors (Lipinski definition) is 2. The van der Waals surface area contributed by atoms with Gasteiger partial charge < -0.3 is 5.32 Å². The lowest BCUT2D eigenvalue weighted by Gasteiger charge is -2.33. The number of rotatable bonds is 3. The van der Waals surface area contributed by atoms with Crippen LogP contribution in [0.4, 0.5) is 4.39 Å². The molecule has 3 N–H and O–H groups in total. The van der Waals surface area contributed by atoms with Gasteiger partial charge in [0.15, 0.2) is 0 Å². The fourth-order valence-corrected chi connectivity index (χ4v) is 3.94. The SMILES string of the molecule is CC1CC(NC(=O)c2cc(F)cc(S(N)(=O)=O)c2Br)C1. The monoisotopic (exact) mass is 364 g/mol. The third-order valence-corrected chi connectivity index (χ3v) is 5.32. The Kier molecular flexibility index (Phi) is 4.17. The first-order chi connectivity index (χ1) is 9.18. The maximum absolute atomic E-state index is 13.5. The first-order valence-electron chi connectivity index (χ1n) is 6.01. The minimum atomic E-state index is -4.11. The number of amides is 1. The molecule has 8 heteroatoms. The Balaban J connectivity index is 2.32. The Hall–Kier alpha value is -0.990. The van der Waals surface area contributed by atoms with Crippen LogP contribution < -0.4 is 10.5 Å². The number of halogens is 2. The molecule has 0 unspecified atom stereocenters. The van der Waals surface area contributed by atoms with Gasteiger partial charge in [0.1, 0.15) is 5.82 Å². The Morgan fingerprint density at radius 3 is 2.55 bits per heavy atom. The highest BCUT2D eigenvalue weighted by atomic mass is 79.9. The summed E-state index contributed by atoms with van der Waals surface area (Å²) in [4.78, 5) is 11.6. The van der Waals surface area contributed by atoms with E-state index in [2.05, 4.69) is 28.2 Å². The molecule has 1 saturated carbocycles. The fourth-order valence-electron chi connectivity index (χ4n) is 2.22. The maximum Gasteiger partial charge on any atom is 0.252 e. The topological polar surface area (TPSA) is 89.3 Å². The summed E-state index contributed by atoms with van der Waals surface area (Å²) in [5, 5.41) is 7.73. The number of nitrogens with one attached hydrogen (secondary N) is 1. The number of nitrogens with two attached hydrogens (primary N) is 1. The van der Waals surface area contributed by atoms with E-state index in [4.69, 9.17) is 5.14 Å². The summed E-state index contributed by atoms with van der Waals surface area (Å²) in [7, 11) is -4.11. The summed E-state index contributed by atoms with van der Waals surface area (Å²) < 4.78 is 36.2. The number of sulfonamides is 1. The summed E-state index contributed by atoms with van der Waals surface area (Å²) in [5.41, 5.74) is -0.0754. The minimum absolute atomic E-state index is 0.0220. The van der Waals surface area contributed by atoms with Crippen LogP contribution >= 0.6 is 15.9 Å². The lowest BCUT2D eigenvalue weighted by molar-refractivity contribution is 0.0894. The van der Waals surface area contributed by atoms with Crippen molar-refractivity contribution in [1.82, 2.24) is 5.32 Å². The molecule has 0 spiro atoms. The number of carbonyl (C=O) groups is 1. The van der Waals surface area contributed by atoms with Crippen LogP contribution in [0.15, 0.2) is 21.5 Å². The Labute approximate surface area is 124 Å². The summed E-state index contributed by atoms with van der Waals surface area (Å²) in [5.74, 6) is -0.793. The average molecular weight is 365 g/mol. The van der Waals surface area contributed by atoms with Crippen molar-refractivity contribution < 1.29 is 17.6 Å².